The molecule has 1 aromatic carbocycles. The van der Waals surface area contributed by atoms with E-state index < -0.39 is 17.7 Å². The van der Waals surface area contributed by atoms with Gasteiger partial charge in [0.05, 0.1) is 6.10 Å². The van der Waals surface area contributed by atoms with Crippen molar-refractivity contribution >= 4 is 23.4 Å². The van der Waals surface area contributed by atoms with E-state index in [4.69, 9.17) is 19.2 Å². The molecule has 4 aliphatic heterocycles. The highest BCUT2D eigenvalue weighted by Crippen LogP contribution is 2.60. The molecule has 1 spiro atoms. The lowest BCUT2D eigenvalue weighted by molar-refractivity contribution is -0.571. The van der Waals surface area contributed by atoms with E-state index in [9.17, 15) is 4.79 Å². The molecule has 1 saturated carbocycles. The first-order valence-electron chi connectivity index (χ1n) is 12.0. The maximum atomic E-state index is 12.6. The van der Waals surface area contributed by atoms with E-state index in [1.807, 2.05) is 37.4 Å². The molecule has 0 radical (unpaired) electrons. The second-order valence-corrected chi connectivity index (χ2v) is 11.1. The van der Waals surface area contributed by atoms with E-state index in [1.165, 1.54) is 11.3 Å². The summed E-state index contributed by atoms with van der Waals surface area (Å²) >= 11 is 1.69. The van der Waals surface area contributed by atoms with Gasteiger partial charge in [0.15, 0.2) is 11.9 Å². The van der Waals surface area contributed by atoms with Gasteiger partial charge in [-0.2, -0.15) is 0 Å². The summed E-state index contributed by atoms with van der Waals surface area (Å²) in [6, 6.07) is 7.94. The molecule has 1 N–H and O–H groups in total. The van der Waals surface area contributed by atoms with Gasteiger partial charge in [0.25, 0.3) is 0 Å². The molecule has 176 valence electrons. The number of hydrogen-bond donors (Lipinski definition) is 1. The topological polar surface area (TPSA) is 66.0 Å². The minimum atomic E-state index is -0.761. The average Bonchev–Trinajstić information content (AvgIpc) is 3.01. The van der Waals surface area contributed by atoms with Gasteiger partial charge in [0.2, 0.25) is 11.7 Å². The van der Waals surface area contributed by atoms with Crippen LogP contribution in [0.1, 0.15) is 59.3 Å². The number of fused-ring (bicyclic) bond motifs is 2. The normalized spacial score (nSPS) is 42.8. The fourth-order valence-corrected chi connectivity index (χ4v) is 6.89. The number of carbonyl (C=O) groups excluding carboxylic acids is 1. The summed E-state index contributed by atoms with van der Waals surface area (Å²) in [4.78, 5) is 25.9. The zero-order valence-electron chi connectivity index (χ0n) is 19.5. The van der Waals surface area contributed by atoms with Gasteiger partial charge in [-0.05, 0) is 80.9 Å². The van der Waals surface area contributed by atoms with Crippen LogP contribution >= 0.6 is 11.8 Å². The van der Waals surface area contributed by atoms with Gasteiger partial charge in [0.1, 0.15) is 0 Å². The van der Waals surface area contributed by atoms with Crippen LogP contribution in [-0.4, -0.2) is 35.9 Å². The molecule has 5 aliphatic rings. The third kappa shape index (κ3) is 3.80. The minimum Gasteiger partial charge on any atom is -0.346 e. The average molecular weight is 462 g/mol. The predicted molar refractivity (Wildman–Crippen MR) is 123 cm³/mol. The fourth-order valence-electron chi connectivity index (χ4n) is 6.48. The van der Waals surface area contributed by atoms with Crippen LogP contribution < -0.4 is 5.32 Å². The van der Waals surface area contributed by atoms with Crippen LogP contribution in [0, 0.1) is 23.7 Å². The summed E-state index contributed by atoms with van der Waals surface area (Å²) in [6.07, 6.45) is 6.75. The SMILES string of the molecule is CSc1ccc(NC(=O)CC[C@H]2O[C@@H]3O[C@]4(C)CC[C@H]5[C@H](C)CC[C@@H]([C@H]2C)[C@@]35OO4)cc1. The summed E-state index contributed by atoms with van der Waals surface area (Å²) in [6.45, 7) is 6.52. The highest BCUT2D eigenvalue weighted by molar-refractivity contribution is 7.98. The van der Waals surface area contributed by atoms with Crippen LogP contribution in [0.2, 0.25) is 0 Å². The van der Waals surface area contributed by atoms with Crippen LogP contribution in [0.15, 0.2) is 29.2 Å². The molecule has 1 aromatic rings. The summed E-state index contributed by atoms with van der Waals surface area (Å²) < 4.78 is 13.0. The third-order valence-corrected chi connectivity index (χ3v) is 9.07. The van der Waals surface area contributed by atoms with E-state index in [2.05, 4.69) is 19.2 Å². The number of anilines is 1. The smallest absolute Gasteiger partial charge is 0.224 e. The molecule has 6 rings (SSSR count). The third-order valence-electron chi connectivity index (χ3n) is 8.32. The Morgan fingerprint density at radius 3 is 2.66 bits per heavy atom. The largest absolute Gasteiger partial charge is 0.346 e. The van der Waals surface area contributed by atoms with E-state index in [-0.39, 0.29) is 17.9 Å². The molecule has 4 saturated heterocycles. The molecule has 2 bridgehead atoms. The summed E-state index contributed by atoms with van der Waals surface area (Å²) in [5.74, 6) is 0.747. The van der Waals surface area contributed by atoms with Gasteiger partial charge in [-0.15, -0.1) is 11.8 Å². The second-order valence-electron chi connectivity index (χ2n) is 10.3. The molecule has 1 aliphatic carbocycles. The Labute approximate surface area is 195 Å². The molecule has 32 heavy (non-hydrogen) atoms. The Kier molecular flexibility index (Phi) is 6.08. The van der Waals surface area contributed by atoms with Crippen molar-refractivity contribution in [1.29, 1.82) is 0 Å². The van der Waals surface area contributed by atoms with Crippen molar-refractivity contribution in [3.8, 4) is 0 Å². The summed E-state index contributed by atoms with van der Waals surface area (Å²) in [5, 5.41) is 3.02. The molecule has 4 heterocycles. The number of carbonyl (C=O) groups is 1. The van der Waals surface area contributed by atoms with Crippen molar-refractivity contribution in [3.05, 3.63) is 24.3 Å². The number of hydrogen-bond acceptors (Lipinski definition) is 6. The Balaban J connectivity index is 1.28. The van der Waals surface area contributed by atoms with Gasteiger partial charge in [-0.25, -0.2) is 9.78 Å². The first kappa shape index (κ1) is 22.7. The van der Waals surface area contributed by atoms with Crippen molar-refractivity contribution in [2.75, 3.05) is 11.6 Å². The lowest BCUT2D eigenvalue weighted by Crippen LogP contribution is -2.70. The number of thioether (sulfide) groups is 1. The van der Waals surface area contributed by atoms with E-state index >= 15 is 0 Å². The van der Waals surface area contributed by atoms with E-state index in [0.29, 0.717) is 30.6 Å². The Hall–Kier alpha value is -1.12. The molecular formula is C25H35NO5S. The predicted octanol–water partition coefficient (Wildman–Crippen LogP) is 5.38. The molecule has 6 nitrogen and oxygen atoms in total. The van der Waals surface area contributed by atoms with Gasteiger partial charge in [-0.3, -0.25) is 4.79 Å². The number of ether oxygens (including phenoxy) is 2. The quantitative estimate of drug-likeness (QED) is 0.469. The molecule has 0 unspecified atom stereocenters. The second kappa shape index (κ2) is 8.58. The monoisotopic (exact) mass is 461 g/mol. The fraction of sp³-hybridized carbons (Fsp3) is 0.720. The maximum Gasteiger partial charge on any atom is 0.224 e. The lowest BCUT2D eigenvalue weighted by atomic mass is 9.57. The number of benzene rings is 1. The minimum absolute atomic E-state index is 0.0166. The number of rotatable bonds is 5. The van der Waals surface area contributed by atoms with Crippen LogP contribution in [-0.2, 0) is 24.0 Å². The highest BCUT2D eigenvalue weighted by Gasteiger charge is 2.69. The Morgan fingerprint density at radius 2 is 1.91 bits per heavy atom. The van der Waals surface area contributed by atoms with Crippen molar-refractivity contribution in [2.24, 2.45) is 23.7 Å². The first-order chi connectivity index (χ1) is 15.3. The van der Waals surface area contributed by atoms with E-state index in [0.717, 1.165) is 24.9 Å². The van der Waals surface area contributed by atoms with Crippen LogP contribution in [0.25, 0.3) is 0 Å². The Bertz CT molecular complexity index is 849. The zero-order chi connectivity index (χ0) is 22.5. The maximum absolute atomic E-state index is 12.6. The van der Waals surface area contributed by atoms with Crippen molar-refractivity contribution in [2.45, 2.75) is 88.0 Å². The van der Waals surface area contributed by atoms with Crippen LogP contribution in [0.3, 0.4) is 0 Å². The van der Waals surface area contributed by atoms with Crippen molar-refractivity contribution in [1.82, 2.24) is 0 Å². The molecule has 5 fully saturated rings. The van der Waals surface area contributed by atoms with Gasteiger partial charge in [-0.1, -0.05) is 13.8 Å². The van der Waals surface area contributed by atoms with E-state index in [1.54, 1.807) is 11.8 Å². The zero-order valence-corrected chi connectivity index (χ0v) is 20.3. The lowest BCUT2D eigenvalue weighted by Gasteiger charge is -2.60. The van der Waals surface area contributed by atoms with Gasteiger partial charge >= 0.3 is 0 Å². The highest BCUT2D eigenvalue weighted by atomic mass is 32.2. The van der Waals surface area contributed by atoms with Gasteiger partial charge in [0, 0.05) is 29.3 Å². The molecule has 1 amide bonds. The standard InChI is InChI=1S/C25H35NO5S/c1-15-5-10-20-16(2)21(11-12-22(27)26-17-6-8-18(32-4)9-7-17)28-23-25(20)19(15)13-14-24(3,29-23)30-31-25/h6-9,15-16,19-21,23H,5,10-14H2,1-4H3,(H,26,27)/t15-,16-,19+,20+,21-,23-,24+,25-/m1/s1. The first-order valence-corrected chi connectivity index (χ1v) is 13.2. The number of amides is 1. The van der Waals surface area contributed by atoms with Crippen molar-refractivity contribution < 1.29 is 24.0 Å². The molecule has 8 atom stereocenters. The molecule has 7 heteroatoms. The van der Waals surface area contributed by atoms with Gasteiger partial charge < -0.3 is 14.8 Å². The molecular weight excluding hydrogens is 426 g/mol. The summed E-state index contributed by atoms with van der Waals surface area (Å²) in [7, 11) is 0. The molecule has 0 aromatic heterocycles. The Morgan fingerprint density at radius 1 is 1.12 bits per heavy atom. The van der Waals surface area contributed by atoms with Crippen LogP contribution in [0.4, 0.5) is 5.69 Å². The van der Waals surface area contributed by atoms with Crippen molar-refractivity contribution in [3.63, 3.8) is 0 Å². The number of nitrogens with one attached hydrogen (secondary N) is 1. The summed E-state index contributed by atoms with van der Waals surface area (Å²) in [5.41, 5.74) is 0.293. The van der Waals surface area contributed by atoms with Crippen LogP contribution in [0.5, 0.6) is 0 Å².